The maximum absolute atomic E-state index is 13.5. The highest BCUT2D eigenvalue weighted by molar-refractivity contribution is 7.18. The Morgan fingerprint density at radius 1 is 1.03 bits per heavy atom. The van der Waals surface area contributed by atoms with Gasteiger partial charge in [0.25, 0.3) is 5.91 Å². The van der Waals surface area contributed by atoms with Crippen LogP contribution in [0.15, 0.2) is 48.8 Å². The van der Waals surface area contributed by atoms with Crippen LogP contribution in [0.1, 0.15) is 41.8 Å². The molecule has 0 spiro atoms. The van der Waals surface area contributed by atoms with E-state index in [-0.39, 0.29) is 32.2 Å². The fourth-order valence-electron chi connectivity index (χ4n) is 4.37. The van der Waals surface area contributed by atoms with Crippen molar-refractivity contribution in [2.45, 2.75) is 38.1 Å². The summed E-state index contributed by atoms with van der Waals surface area (Å²) in [7, 11) is 1.31. The minimum absolute atomic E-state index is 0.00754. The van der Waals surface area contributed by atoms with Gasteiger partial charge < -0.3 is 20.7 Å². The molecule has 0 radical (unpaired) electrons. The van der Waals surface area contributed by atoms with Crippen molar-refractivity contribution in [1.29, 1.82) is 0 Å². The maximum Gasteiger partial charge on any atom is 0.328 e. The molecular formula is C26H26Cl2N4O4S. The number of urea groups is 1. The van der Waals surface area contributed by atoms with Crippen molar-refractivity contribution in [3.63, 3.8) is 0 Å². The molecule has 2 heterocycles. The first kappa shape index (κ1) is 26.9. The van der Waals surface area contributed by atoms with Crippen molar-refractivity contribution in [1.82, 2.24) is 10.3 Å². The average Bonchev–Trinajstić information content (AvgIpc) is 3.33. The van der Waals surface area contributed by atoms with Gasteiger partial charge in [-0.3, -0.25) is 9.78 Å². The van der Waals surface area contributed by atoms with Gasteiger partial charge in [0.1, 0.15) is 10.9 Å². The van der Waals surface area contributed by atoms with Gasteiger partial charge in [-0.1, -0.05) is 48.5 Å². The van der Waals surface area contributed by atoms with Gasteiger partial charge in [0.15, 0.2) is 0 Å². The first-order chi connectivity index (χ1) is 17.9. The topological polar surface area (TPSA) is 109 Å². The van der Waals surface area contributed by atoms with E-state index >= 15 is 0 Å². The van der Waals surface area contributed by atoms with Crippen molar-refractivity contribution in [2.24, 2.45) is 5.92 Å². The zero-order chi connectivity index (χ0) is 26.4. The largest absolute Gasteiger partial charge is 0.467 e. The standard InChI is InChI=1S/C26H26Cl2N4O4S/c1-36-25(34)21(16-6-3-2-4-7-16)31-24(33)23-19(14-20(37-23)15-10-12-29-13-11-15)30-26(35)32-22-17(27)8-5-9-18(22)28/h5,8-14,16,21H,2-4,6-7H2,1H3,(H,31,33)(H2,30,32,35)/t21-/m0/s1. The number of nitrogens with one attached hydrogen (secondary N) is 3. The Labute approximate surface area is 228 Å². The highest BCUT2D eigenvalue weighted by atomic mass is 35.5. The van der Waals surface area contributed by atoms with Gasteiger partial charge in [0.2, 0.25) is 0 Å². The molecule has 8 nitrogen and oxygen atoms in total. The molecule has 3 amide bonds. The molecule has 11 heteroatoms. The van der Waals surface area contributed by atoms with Crippen LogP contribution >= 0.6 is 34.5 Å². The van der Waals surface area contributed by atoms with Crippen LogP contribution in [-0.4, -0.2) is 36.0 Å². The molecule has 1 saturated carbocycles. The van der Waals surface area contributed by atoms with E-state index in [1.807, 2.05) is 0 Å². The highest BCUT2D eigenvalue weighted by Crippen LogP contribution is 2.36. The zero-order valence-corrected chi connectivity index (χ0v) is 22.4. The van der Waals surface area contributed by atoms with Crippen LogP contribution in [0.4, 0.5) is 16.2 Å². The number of ether oxygens (including phenoxy) is 1. The third-order valence-corrected chi connectivity index (χ3v) is 8.03. The van der Waals surface area contributed by atoms with Crippen molar-refractivity contribution in [3.05, 3.63) is 63.7 Å². The number of methoxy groups -OCH3 is 1. The number of esters is 1. The number of benzene rings is 1. The van der Waals surface area contributed by atoms with Gasteiger partial charge in [0.05, 0.1) is 28.5 Å². The summed E-state index contributed by atoms with van der Waals surface area (Å²) in [5.74, 6) is -0.962. The van der Waals surface area contributed by atoms with Gasteiger partial charge in [-0.15, -0.1) is 11.3 Å². The Hall–Kier alpha value is -3.14. The minimum Gasteiger partial charge on any atom is -0.467 e. The van der Waals surface area contributed by atoms with Crippen LogP contribution in [0.5, 0.6) is 0 Å². The van der Waals surface area contributed by atoms with Crippen molar-refractivity contribution < 1.29 is 19.1 Å². The number of aromatic nitrogens is 1. The number of amides is 3. The molecule has 0 unspecified atom stereocenters. The van der Waals surface area contributed by atoms with E-state index in [0.29, 0.717) is 0 Å². The summed E-state index contributed by atoms with van der Waals surface area (Å²) >= 11 is 13.6. The third-order valence-electron chi connectivity index (χ3n) is 6.22. The second-order valence-corrected chi connectivity index (χ2v) is 10.5. The highest BCUT2D eigenvalue weighted by Gasteiger charge is 2.33. The molecule has 37 heavy (non-hydrogen) atoms. The molecule has 2 aromatic heterocycles. The van der Waals surface area contributed by atoms with Gasteiger partial charge in [-0.25, -0.2) is 9.59 Å². The molecule has 1 fully saturated rings. The SMILES string of the molecule is COC(=O)[C@@H](NC(=O)c1sc(-c2ccncc2)cc1NC(=O)Nc1c(Cl)cccc1Cl)C1CCCCC1. The lowest BCUT2D eigenvalue weighted by Gasteiger charge is -2.29. The van der Waals surface area contributed by atoms with Crippen molar-refractivity contribution in [2.75, 3.05) is 17.7 Å². The number of para-hydroxylation sites is 1. The summed E-state index contributed by atoms with van der Waals surface area (Å²) in [5.41, 5.74) is 1.36. The lowest BCUT2D eigenvalue weighted by atomic mass is 9.84. The quantitative estimate of drug-likeness (QED) is 0.281. The Morgan fingerprint density at radius 2 is 1.70 bits per heavy atom. The predicted octanol–water partition coefficient (Wildman–Crippen LogP) is 6.61. The molecule has 3 N–H and O–H groups in total. The van der Waals surface area contributed by atoms with E-state index in [1.165, 1.54) is 18.4 Å². The number of rotatable bonds is 7. The number of thiophene rings is 1. The summed E-state index contributed by atoms with van der Waals surface area (Å²) < 4.78 is 5.00. The smallest absolute Gasteiger partial charge is 0.328 e. The Balaban J connectivity index is 1.61. The Bertz CT molecular complexity index is 1260. The van der Waals surface area contributed by atoms with Crippen molar-refractivity contribution in [3.8, 4) is 10.4 Å². The van der Waals surface area contributed by atoms with E-state index in [2.05, 4.69) is 20.9 Å². The van der Waals surface area contributed by atoms with Crippen LogP contribution in [0, 0.1) is 5.92 Å². The number of halogens is 2. The van der Waals surface area contributed by atoms with Gasteiger partial charge in [-0.05, 0) is 54.7 Å². The summed E-state index contributed by atoms with van der Waals surface area (Å²) in [5, 5.41) is 8.79. The lowest BCUT2D eigenvalue weighted by Crippen LogP contribution is -2.47. The molecule has 0 aliphatic heterocycles. The summed E-state index contributed by atoms with van der Waals surface area (Å²) in [6.45, 7) is 0. The normalized spacial score (nSPS) is 14.5. The molecule has 1 aliphatic carbocycles. The molecule has 4 rings (SSSR count). The Morgan fingerprint density at radius 3 is 2.35 bits per heavy atom. The van der Waals surface area contributed by atoms with Gasteiger partial charge in [-0.2, -0.15) is 0 Å². The van der Waals surface area contributed by atoms with Crippen LogP contribution in [-0.2, 0) is 9.53 Å². The first-order valence-electron chi connectivity index (χ1n) is 11.8. The molecule has 1 aliphatic rings. The van der Waals surface area contributed by atoms with E-state index in [0.717, 1.165) is 42.5 Å². The summed E-state index contributed by atoms with van der Waals surface area (Å²) in [6, 6.07) is 8.79. The molecular weight excluding hydrogens is 535 g/mol. The number of hydrogen-bond donors (Lipinski definition) is 3. The number of nitrogens with zero attached hydrogens (tertiary/aromatic N) is 1. The van der Waals surface area contributed by atoms with E-state index in [4.69, 9.17) is 27.9 Å². The second kappa shape index (κ2) is 12.4. The number of hydrogen-bond acceptors (Lipinski definition) is 6. The van der Waals surface area contributed by atoms with E-state index < -0.39 is 23.9 Å². The van der Waals surface area contributed by atoms with Crippen molar-refractivity contribution >= 4 is 63.8 Å². The fraction of sp³-hybridized carbons (Fsp3) is 0.308. The summed E-state index contributed by atoms with van der Waals surface area (Å²) in [4.78, 5) is 44.0. The lowest BCUT2D eigenvalue weighted by molar-refractivity contribution is -0.144. The summed E-state index contributed by atoms with van der Waals surface area (Å²) in [6.07, 6.45) is 8.05. The number of carbonyl (C=O) groups excluding carboxylic acids is 3. The van der Waals surface area contributed by atoms with Crippen LogP contribution < -0.4 is 16.0 Å². The predicted molar refractivity (Wildman–Crippen MR) is 146 cm³/mol. The average molecular weight is 561 g/mol. The first-order valence-corrected chi connectivity index (χ1v) is 13.4. The number of pyridine rings is 1. The molecule has 1 aromatic carbocycles. The van der Waals surface area contributed by atoms with Crippen LogP contribution in [0.3, 0.4) is 0 Å². The van der Waals surface area contributed by atoms with Crippen LogP contribution in [0.2, 0.25) is 10.0 Å². The molecule has 3 aromatic rings. The minimum atomic E-state index is -0.770. The maximum atomic E-state index is 13.5. The molecule has 194 valence electrons. The molecule has 0 saturated heterocycles. The van der Waals surface area contributed by atoms with Gasteiger partial charge in [0, 0.05) is 17.3 Å². The van der Waals surface area contributed by atoms with Crippen LogP contribution in [0.25, 0.3) is 10.4 Å². The molecule has 0 bridgehead atoms. The monoisotopic (exact) mass is 560 g/mol. The molecule has 1 atom stereocenters. The number of anilines is 2. The zero-order valence-electron chi connectivity index (χ0n) is 20.1. The second-order valence-electron chi connectivity index (χ2n) is 8.64. The fourth-order valence-corrected chi connectivity index (χ4v) is 5.88. The van der Waals surface area contributed by atoms with E-state index in [9.17, 15) is 14.4 Å². The third kappa shape index (κ3) is 6.60. The Kier molecular flexibility index (Phi) is 9.02. The van der Waals surface area contributed by atoms with Gasteiger partial charge >= 0.3 is 12.0 Å². The van der Waals surface area contributed by atoms with E-state index in [1.54, 1.807) is 48.8 Å². The number of carbonyl (C=O) groups is 3.